The van der Waals surface area contributed by atoms with Gasteiger partial charge in [0.15, 0.2) is 5.17 Å². The molecule has 1 amide bonds. The number of nitrogens with zero attached hydrogens (tertiary/aromatic N) is 1. The van der Waals surface area contributed by atoms with Crippen molar-refractivity contribution in [1.29, 1.82) is 0 Å². The van der Waals surface area contributed by atoms with Gasteiger partial charge in [-0.1, -0.05) is 49.0 Å². The van der Waals surface area contributed by atoms with Crippen LogP contribution in [0.5, 0.6) is 0 Å². The number of benzene rings is 1. The highest BCUT2D eigenvalue weighted by molar-refractivity contribution is 8.13. The molecule has 0 aromatic heterocycles. The summed E-state index contributed by atoms with van der Waals surface area (Å²) in [5.41, 5.74) is 12.4. The molecule has 0 bridgehead atoms. The van der Waals surface area contributed by atoms with Crippen LogP contribution in [-0.4, -0.2) is 46.5 Å². The van der Waals surface area contributed by atoms with Crippen LogP contribution in [0.1, 0.15) is 25.3 Å². The zero-order valence-corrected chi connectivity index (χ0v) is 15.2. The number of carbonyl (C=O) groups excluding carboxylic acids is 1. The summed E-state index contributed by atoms with van der Waals surface area (Å²) in [4.78, 5) is 27.7. The number of carboxylic acids is 1. The molecule has 0 aliphatic rings. The number of amidine groups is 1. The standard InChI is InChI=1S/C17H26N4O3S/c1-2-25-17(19)20-10-6-9-13(18)15(22)21-14(16(23)24)11-12-7-4-3-5-8-12/h3-5,7-8,13-14H,2,6,9-11,18H2,1H3,(H2,19,20)(H,21,22)(H,23,24)/t13-,14-/m0/s1. The van der Waals surface area contributed by atoms with Crippen LogP contribution < -0.4 is 16.8 Å². The molecular formula is C17H26N4O3S. The summed E-state index contributed by atoms with van der Waals surface area (Å²) >= 11 is 1.46. The monoisotopic (exact) mass is 366 g/mol. The van der Waals surface area contributed by atoms with Gasteiger partial charge in [-0.05, 0) is 24.2 Å². The molecule has 0 radical (unpaired) electrons. The molecule has 138 valence electrons. The van der Waals surface area contributed by atoms with Crippen molar-refractivity contribution in [3.63, 3.8) is 0 Å². The molecule has 25 heavy (non-hydrogen) atoms. The first-order chi connectivity index (χ1) is 11.9. The van der Waals surface area contributed by atoms with Crippen LogP contribution in [-0.2, 0) is 16.0 Å². The average Bonchev–Trinajstić information content (AvgIpc) is 2.59. The fraction of sp³-hybridized carbons (Fsp3) is 0.471. The first kappa shape index (κ1) is 21.0. The van der Waals surface area contributed by atoms with E-state index in [2.05, 4.69) is 10.3 Å². The van der Waals surface area contributed by atoms with Crippen molar-refractivity contribution >= 4 is 28.8 Å². The van der Waals surface area contributed by atoms with E-state index in [1.165, 1.54) is 11.8 Å². The van der Waals surface area contributed by atoms with Crippen molar-refractivity contribution in [3.8, 4) is 0 Å². The van der Waals surface area contributed by atoms with Crippen molar-refractivity contribution in [2.24, 2.45) is 16.5 Å². The van der Waals surface area contributed by atoms with E-state index in [-0.39, 0.29) is 6.42 Å². The maximum atomic E-state index is 12.1. The lowest BCUT2D eigenvalue weighted by atomic mass is 10.0. The molecule has 7 nitrogen and oxygen atoms in total. The van der Waals surface area contributed by atoms with Crippen LogP contribution in [0.25, 0.3) is 0 Å². The Morgan fingerprint density at radius 3 is 2.60 bits per heavy atom. The predicted octanol–water partition coefficient (Wildman–Crippen LogP) is 0.974. The molecular weight excluding hydrogens is 340 g/mol. The normalized spacial score (nSPS) is 13.9. The number of carboxylic acid groups (broad SMARTS) is 1. The largest absolute Gasteiger partial charge is 0.480 e. The number of nitrogens with two attached hydrogens (primary N) is 2. The van der Waals surface area contributed by atoms with Gasteiger partial charge in [0, 0.05) is 13.0 Å². The number of aliphatic imine (C=N–C) groups is 1. The topological polar surface area (TPSA) is 131 Å². The van der Waals surface area contributed by atoms with Crippen LogP contribution in [0.2, 0.25) is 0 Å². The van der Waals surface area contributed by atoms with E-state index in [1.807, 2.05) is 37.3 Å². The molecule has 0 spiro atoms. The number of hydrogen-bond acceptors (Lipinski definition) is 5. The third-order valence-electron chi connectivity index (χ3n) is 3.47. The minimum absolute atomic E-state index is 0.212. The van der Waals surface area contributed by atoms with Crippen molar-refractivity contribution < 1.29 is 14.7 Å². The lowest BCUT2D eigenvalue weighted by Gasteiger charge is -2.18. The minimum Gasteiger partial charge on any atom is -0.480 e. The Hall–Kier alpha value is -2.06. The first-order valence-corrected chi connectivity index (χ1v) is 9.18. The number of amides is 1. The number of nitrogens with one attached hydrogen (secondary N) is 1. The van der Waals surface area contributed by atoms with Gasteiger partial charge in [-0.25, -0.2) is 4.79 Å². The molecule has 6 N–H and O–H groups in total. The number of hydrogen-bond donors (Lipinski definition) is 4. The molecule has 2 atom stereocenters. The van der Waals surface area contributed by atoms with Gasteiger partial charge in [-0.15, -0.1) is 0 Å². The first-order valence-electron chi connectivity index (χ1n) is 8.19. The van der Waals surface area contributed by atoms with Crippen LogP contribution in [0, 0.1) is 0 Å². The average molecular weight is 366 g/mol. The molecule has 0 fully saturated rings. The van der Waals surface area contributed by atoms with E-state index >= 15 is 0 Å². The quantitative estimate of drug-likeness (QED) is 0.277. The summed E-state index contributed by atoms with van der Waals surface area (Å²) in [7, 11) is 0. The summed E-state index contributed by atoms with van der Waals surface area (Å²) in [6, 6.07) is 7.36. The molecule has 0 aliphatic heterocycles. The fourth-order valence-electron chi connectivity index (χ4n) is 2.15. The summed E-state index contributed by atoms with van der Waals surface area (Å²) in [6.45, 7) is 2.48. The molecule has 1 aromatic rings. The highest BCUT2D eigenvalue weighted by atomic mass is 32.2. The Bertz CT molecular complexity index is 581. The number of rotatable bonds is 10. The second kappa shape index (κ2) is 11.5. The predicted molar refractivity (Wildman–Crippen MR) is 102 cm³/mol. The van der Waals surface area contributed by atoms with E-state index in [4.69, 9.17) is 11.5 Å². The van der Waals surface area contributed by atoms with Crippen molar-refractivity contribution in [2.45, 2.75) is 38.3 Å². The van der Waals surface area contributed by atoms with Gasteiger partial charge >= 0.3 is 5.97 Å². The second-order valence-electron chi connectivity index (χ2n) is 5.49. The minimum atomic E-state index is -1.08. The Morgan fingerprint density at radius 2 is 2.00 bits per heavy atom. The van der Waals surface area contributed by atoms with Gasteiger partial charge in [0.2, 0.25) is 5.91 Å². The van der Waals surface area contributed by atoms with Gasteiger partial charge in [0.25, 0.3) is 0 Å². The third kappa shape index (κ3) is 8.55. The van der Waals surface area contributed by atoms with Crippen molar-refractivity contribution in [2.75, 3.05) is 12.3 Å². The highest BCUT2D eigenvalue weighted by Gasteiger charge is 2.23. The second-order valence-corrected chi connectivity index (χ2v) is 6.78. The van der Waals surface area contributed by atoms with Crippen molar-refractivity contribution in [3.05, 3.63) is 35.9 Å². The van der Waals surface area contributed by atoms with Crippen molar-refractivity contribution in [1.82, 2.24) is 5.32 Å². The zero-order valence-electron chi connectivity index (χ0n) is 14.4. The van der Waals surface area contributed by atoms with E-state index in [9.17, 15) is 14.7 Å². The van der Waals surface area contributed by atoms with E-state index in [0.29, 0.717) is 24.6 Å². The Balaban J connectivity index is 2.45. The zero-order chi connectivity index (χ0) is 18.7. The summed E-state index contributed by atoms with van der Waals surface area (Å²) in [6.07, 6.45) is 1.23. The van der Waals surface area contributed by atoms with E-state index in [0.717, 1.165) is 11.3 Å². The molecule has 0 aliphatic carbocycles. The molecule has 1 rings (SSSR count). The summed E-state index contributed by atoms with van der Waals surface area (Å²) in [5, 5.41) is 12.3. The maximum Gasteiger partial charge on any atom is 0.326 e. The Labute approximate surface area is 152 Å². The number of thioether (sulfide) groups is 1. The summed E-state index contributed by atoms with van der Waals surface area (Å²) < 4.78 is 0. The van der Waals surface area contributed by atoms with Gasteiger partial charge in [0.1, 0.15) is 6.04 Å². The molecule has 0 saturated heterocycles. The Morgan fingerprint density at radius 1 is 1.32 bits per heavy atom. The maximum absolute atomic E-state index is 12.1. The molecule has 0 heterocycles. The third-order valence-corrected chi connectivity index (χ3v) is 4.18. The Kier molecular flexibility index (Phi) is 9.64. The molecule has 8 heteroatoms. The SMILES string of the molecule is CCSC(N)=NCCC[C@H](N)C(=O)N[C@@H](Cc1ccccc1)C(=O)O. The lowest BCUT2D eigenvalue weighted by molar-refractivity contribution is -0.142. The van der Waals surface area contributed by atoms with Gasteiger partial charge in [0.05, 0.1) is 6.04 Å². The number of carbonyl (C=O) groups is 2. The molecule has 0 saturated carbocycles. The van der Waals surface area contributed by atoms with Crippen LogP contribution in [0.15, 0.2) is 35.3 Å². The smallest absolute Gasteiger partial charge is 0.326 e. The summed E-state index contributed by atoms with van der Waals surface area (Å²) in [5.74, 6) is -0.698. The van der Waals surface area contributed by atoms with Gasteiger partial charge in [-0.2, -0.15) is 0 Å². The van der Waals surface area contributed by atoms with E-state index in [1.54, 1.807) is 0 Å². The van der Waals surface area contributed by atoms with Gasteiger partial charge < -0.3 is 21.9 Å². The fourth-order valence-corrected chi connectivity index (χ4v) is 2.63. The highest BCUT2D eigenvalue weighted by Crippen LogP contribution is 2.05. The van der Waals surface area contributed by atoms with Crippen LogP contribution in [0.4, 0.5) is 0 Å². The molecule has 0 unspecified atom stereocenters. The number of aliphatic carboxylic acids is 1. The van der Waals surface area contributed by atoms with Gasteiger partial charge in [-0.3, -0.25) is 9.79 Å². The van der Waals surface area contributed by atoms with Crippen LogP contribution in [0.3, 0.4) is 0 Å². The van der Waals surface area contributed by atoms with E-state index < -0.39 is 24.0 Å². The molecule has 1 aromatic carbocycles. The lowest BCUT2D eigenvalue weighted by Crippen LogP contribution is -2.49. The van der Waals surface area contributed by atoms with Crippen LogP contribution >= 0.6 is 11.8 Å².